The van der Waals surface area contributed by atoms with Crippen molar-refractivity contribution >= 4 is 26.5 Å². The van der Waals surface area contributed by atoms with Crippen LogP contribution in [0.15, 0.2) is 65.8 Å². The first-order valence-electron chi connectivity index (χ1n) is 11.7. The van der Waals surface area contributed by atoms with E-state index >= 15 is 0 Å². The fourth-order valence-electron chi connectivity index (χ4n) is 5.01. The Labute approximate surface area is 210 Å². The van der Waals surface area contributed by atoms with Gasteiger partial charge in [-0.25, -0.2) is 8.42 Å². The van der Waals surface area contributed by atoms with E-state index in [-0.39, 0.29) is 16.6 Å². The number of rotatable bonds is 7. The zero-order valence-electron chi connectivity index (χ0n) is 20.6. The summed E-state index contributed by atoms with van der Waals surface area (Å²) in [6, 6.07) is 14.1. The van der Waals surface area contributed by atoms with Crippen LogP contribution in [-0.2, 0) is 20.0 Å². The second-order valence-electron chi connectivity index (χ2n) is 9.47. The Bertz CT molecular complexity index is 1600. The summed E-state index contributed by atoms with van der Waals surface area (Å²) in [5.74, 6) is -0.747. The number of aryl methyl sites for hydroxylation is 3. The Morgan fingerprint density at radius 2 is 1.83 bits per heavy atom. The van der Waals surface area contributed by atoms with Gasteiger partial charge < -0.3 is 4.74 Å². The second kappa shape index (κ2) is 8.78. The second-order valence-corrected chi connectivity index (χ2v) is 11.4. The van der Waals surface area contributed by atoms with Gasteiger partial charge >= 0.3 is 0 Å². The van der Waals surface area contributed by atoms with Gasteiger partial charge in [-0.1, -0.05) is 23.8 Å². The summed E-state index contributed by atoms with van der Waals surface area (Å²) in [7, 11) is -2.41. The highest BCUT2D eigenvalue weighted by Crippen LogP contribution is 2.62. The van der Waals surface area contributed by atoms with E-state index in [4.69, 9.17) is 4.74 Å². The normalized spacial score (nSPS) is 19.3. The van der Waals surface area contributed by atoms with Crippen molar-refractivity contribution in [1.29, 1.82) is 0 Å². The summed E-state index contributed by atoms with van der Waals surface area (Å²) in [5.41, 5.74) is 3.39. The SMILES string of the molecule is COc1ccc(C)cc1[C@]1(C(=O)CS(=O)(=O)c2cccc3nc(C)ccc23)C[C@@H]1c1cnc(C)cn1. The quantitative estimate of drug-likeness (QED) is 0.369. The average molecular weight is 502 g/mol. The number of ketones is 1. The number of fused-ring (bicyclic) bond motifs is 1. The highest BCUT2D eigenvalue weighted by molar-refractivity contribution is 7.92. The van der Waals surface area contributed by atoms with Crippen LogP contribution in [0.3, 0.4) is 0 Å². The summed E-state index contributed by atoms with van der Waals surface area (Å²) in [5, 5.41) is 0.509. The van der Waals surface area contributed by atoms with E-state index in [1.54, 1.807) is 43.8 Å². The van der Waals surface area contributed by atoms with Crippen molar-refractivity contribution in [1.82, 2.24) is 15.0 Å². The highest BCUT2D eigenvalue weighted by atomic mass is 32.2. The summed E-state index contributed by atoms with van der Waals surface area (Å²) in [6.45, 7) is 5.63. The molecule has 2 atom stereocenters. The number of Topliss-reactive ketones (excluding diaryl/α,β-unsaturated/α-hetero) is 1. The van der Waals surface area contributed by atoms with Crippen molar-refractivity contribution in [3.8, 4) is 5.75 Å². The van der Waals surface area contributed by atoms with Crippen molar-refractivity contribution in [3.05, 3.63) is 89.1 Å². The molecule has 0 spiro atoms. The van der Waals surface area contributed by atoms with Crippen molar-refractivity contribution in [2.45, 2.75) is 43.4 Å². The van der Waals surface area contributed by atoms with E-state index in [1.807, 2.05) is 39.0 Å². The molecular formula is C28H27N3O4S. The molecule has 1 aliphatic rings. The van der Waals surface area contributed by atoms with E-state index in [9.17, 15) is 13.2 Å². The van der Waals surface area contributed by atoms with Gasteiger partial charge in [-0.15, -0.1) is 0 Å². The first kappa shape index (κ1) is 24.1. The molecule has 0 radical (unpaired) electrons. The number of nitrogens with zero attached hydrogens (tertiary/aromatic N) is 3. The first-order valence-corrected chi connectivity index (χ1v) is 13.4. The van der Waals surface area contributed by atoms with Crippen LogP contribution >= 0.6 is 0 Å². The zero-order valence-corrected chi connectivity index (χ0v) is 21.5. The van der Waals surface area contributed by atoms with Crippen molar-refractivity contribution in [2.24, 2.45) is 0 Å². The van der Waals surface area contributed by atoms with Gasteiger partial charge in [0, 0.05) is 35.0 Å². The maximum Gasteiger partial charge on any atom is 0.186 e. The van der Waals surface area contributed by atoms with Gasteiger partial charge in [-0.3, -0.25) is 19.7 Å². The van der Waals surface area contributed by atoms with E-state index in [0.717, 1.165) is 17.0 Å². The smallest absolute Gasteiger partial charge is 0.186 e. The molecule has 2 heterocycles. The summed E-state index contributed by atoms with van der Waals surface area (Å²) in [6.07, 6.45) is 3.78. The lowest BCUT2D eigenvalue weighted by molar-refractivity contribution is -0.119. The third kappa shape index (κ3) is 4.05. The van der Waals surface area contributed by atoms with Crippen LogP contribution in [0.5, 0.6) is 5.75 Å². The van der Waals surface area contributed by atoms with Gasteiger partial charge in [-0.2, -0.15) is 0 Å². The van der Waals surface area contributed by atoms with Crippen LogP contribution in [0, 0.1) is 20.8 Å². The summed E-state index contributed by atoms with van der Waals surface area (Å²) < 4.78 is 32.9. The van der Waals surface area contributed by atoms with Crippen LogP contribution in [0.2, 0.25) is 0 Å². The molecule has 1 saturated carbocycles. The fraction of sp³-hybridized carbons (Fsp3) is 0.286. The van der Waals surface area contributed by atoms with Crippen molar-refractivity contribution in [3.63, 3.8) is 0 Å². The number of hydrogen-bond donors (Lipinski definition) is 0. The Hall–Kier alpha value is -3.65. The molecule has 5 rings (SSSR count). The van der Waals surface area contributed by atoms with Gasteiger partial charge in [0.2, 0.25) is 0 Å². The van der Waals surface area contributed by atoms with Gasteiger partial charge in [0.05, 0.1) is 34.3 Å². The Morgan fingerprint density at radius 3 is 2.56 bits per heavy atom. The molecule has 0 amide bonds. The molecule has 0 saturated heterocycles. The number of carbonyl (C=O) groups excluding carboxylic acids is 1. The number of hydrogen-bond acceptors (Lipinski definition) is 7. The molecule has 36 heavy (non-hydrogen) atoms. The lowest BCUT2D eigenvalue weighted by Crippen LogP contribution is -2.30. The minimum atomic E-state index is -3.96. The number of sulfone groups is 1. The molecule has 0 unspecified atom stereocenters. The van der Waals surface area contributed by atoms with Crippen LogP contribution in [0.25, 0.3) is 10.9 Å². The molecule has 184 valence electrons. The molecule has 4 aromatic rings. The molecule has 0 bridgehead atoms. The maximum absolute atomic E-state index is 14.0. The average Bonchev–Trinajstić information content (AvgIpc) is 3.60. The molecule has 8 heteroatoms. The topological polar surface area (TPSA) is 99.1 Å². The first-order chi connectivity index (χ1) is 17.2. The molecule has 0 aliphatic heterocycles. The maximum atomic E-state index is 14.0. The minimum absolute atomic E-state index is 0.111. The molecule has 1 aliphatic carbocycles. The Morgan fingerprint density at radius 1 is 1.03 bits per heavy atom. The van der Waals surface area contributed by atoms with Crippen LogP contribution in [-0.4, -0.2) is 42.0 Å². The van der Waals surface area contributed by atoms with E-state index in [0.29, 0.717) is 34.3 Å². The number of pyridine rings is 1. The zero-order chi connectivity index (χ0) is 25.7. The third-order valence-corrected chi connectivity index (χ3v) is 8.61. The van der Waals surface area contributed by atoms with Gasteiger partial charge in [0.25, 0.3) is 0 Å². The Balaban J connectivity index is 1.59. The van der Waals surface area contributed by atoms with Crippen molar-refractivity contribution < 1.29 is 17.9 Å². The van der Waals surface area contributed by atoms with Crippen molar-refractivity contribution in [2.75, 3.05) is 12.9 Å². The monoisotopic (exact) mass is 501 g/mol. The lowest BCUT2D eigenvalue weighted by atomic mass is 9.87. The fourth-order valence-corrected chi connectivity index (χ4v) is 6.56. The Kier molecular flexibility index (Phi) is 5.87. The molecule has 0 N–H and O–H groups in total. The summed E-state index contributed by atoms with van der Waals surface area (Å²) in [4.78, 5) is 27.5. The predicted octanol–water partition coefficient (Wildman–Crippen LogP) is 4.43. The molecule has 2 aromatic carbocycles. The molecule has 1 fully saturated rings. The molecule has 7 nitrogen and oxygen atoms in total. The minimum Gasteiger partial charge on any atom is -0.496 e. The largest absolute Gasteiger partial charge is 0.496 e. The lowest BCUT2D eigenvalue weighted by Gasteiger charge is -2.21. The number of methoxy groups -OCH3 is 1. The number of ether oxygens (including phenoxy) is 1. The standard InChI is InChI=1S/C28H27N3O4S/c1-17-8-11-25(35-4)21(12-17)28(13-22(28)24-15-29-19(3)14-30-24)27(32)16-36(33,34)26-7-5-6-23-20(26)10-9-18(2)31-23/h5-12,14-15,22H,13,16H2,1-4H3/t22-,28-/m1/s1. The predicted molar refractivity (Wildman–Crippen MR) is 137 cm³/mol. The van der Waals surface area contributed by atoms with Gasteiger partial charge in [0.15, 0.2) is 15.6 Å². The van der Waals surface area contributed by atoms with E-state index in [2.05, 4.69) is 15.0 Å². The van der Waals surface area contributed by atoms with Gasteiger partial charge in [-0.05, 0) is 57.5 Å². The number of carbonyl (C=O) groups is 1. The van der Waals surface area contributed by atoms with Crippen LogP contribution < -0.4 is 4.74 Å². The molecular weight excluding hydrogens is 474 g/mol. The third-order valence-electron chi connectivity index (χ3n) is 6.94. The number of benzene rings is 2. The van der Waals surface area contributed by atoms with E-state index < -0.39 is 21.0 Å². The molecule has 2 aromatic heterocycles. The van der Waals surface area contributed by atoms with Gasteiger partial charge in [0.1, 0.15) is 11.5 Å². The highest BCUT2D eigenvalue weighted by Gasteiger charge is 2.63. The van der Waals surface area contributed by atoms with Crippen LogP contribution in [0.4, 0.5) is 0 Å². The van der Waals surface area contributed by atoms with Crippen LogP contribution in [0.1, 0.15) is 40.5 Å². The summed E-state index contributed by atoms with van der Waals surface area (Å²) >= 11 is 0. The number of aromatic nitrogens is 3. The van der Waals surface area contributed by atoms with E-state index in [1.165, 1.54) is 6.07 Å².